The number of nitrogens with zero attached hydrogens (tertiary/aromatic N) is 1. The highest BCUT2D eigenvalue weighted by atomic mass is 79.9. The van der Waals surface area contributed by atoms with Gasteiger partial charge in [0.15, 0.2) is 10.9 Å². The van der Waals surface area contributed by atoms with E-state index in [1.54, 1.807) is 23.6 Å². The summed E-state index contributed by atoms with van der Waals surface area (Å²) in [5.41, 5.74) is 0.859. The van der Waals surface area contributed by atoms with Crippen molar-refractivity contribution in [1.82, 2.24) is 4.98 Å². The third kappa shape index (κ3) is 3.49. The van der Waals surface area contributed by atoms with Crippen LogP contribution in [-0.4, -0.2) is 16.7 Å². The summed E-state index contributed by atoms with van der Waals surface area (Å²) in [6, 6.07) is 5.27. The molecule has 2 rings (SSSR count). The molecule has 7 heteroatoms. The van der Waals surface area contributed by atoms with Gasteiger partial charge in [0.05, 0.1) is 5.56 Å². The van der Waals surface area contributed by atoms with E-state index in [1.807, 2.05) is 0 Å². The van der Waals surface area contributed by atoms with E-state index in [4.69, 9.17) is 0 Å². The van der Waals surface area contributed by atoms with Crippen molar-refractivity contribution in [2.75, 3.05) is 5.32 Å². The number of anilines is 1. The maximum absolute atomic E-state index is 12.1. The van der Waals surface area contributed by atoms with Crippen molar-refractivity contribution in [3.05, 3.63) is 43.8 Å². The number of Topliss-reactive ketones (excluding diaryl/α,β-unsaturated/α-hetero) is 1. The number of ketones is 1. The van der Waals surface area contributed by atoms with Gasteiger partial charge in [-0.15, -0.1) is 11.3 Å². The molecule has 0 aliphatic rings. The first-order valence-electron chi connectivity index (χ1n) is 5.20. The largest absolute Gasteiger partial charge is 0.298 e. The minimum atomic E-state index is -0.274. The number of halogens is 2. The van der Waals surface area contributed by atoms with E-state index in [0.717, 1.165) is 4.47 Å². The van der Waals surface area contributed by atoms with Crippen LogP contribution in [-0.2, 0) is 0 Å². The monoisotopic (exact) mass is 402 g/mol. The first-order valence-corrected chi connectivity index (χ1v) is 7.67. The van der Waals surface area contributed by atoms with Gasteiger partial charge in [0.25, 0.3) is 5.91 Å². The lowest BCUT2D eigenvalue weighted by molar-refractivity contribution is 0.100. The fourth-order valence-electron chi connectivity index (χ4n) is 1.33. The van der Waals surface area contributed by atoms with Crippen LogP contribution in [0.4, 0.5) is 5.13 Å². The van der Waals surface area contributed by atoms with Gasteiger partial charge in [0, 0.05) is 21.2 Å². The molecule has 0 atom stereocenters. The average Bonchev–Trinajstić information content (AvgIpc) is 2.77. The molecule has 0 aliphatic heterocycles. The Kier molecular flexibility index (Phi) is 4.49. The standard InChI is InChI=1S/C12H8Br2N2O2S/c1-6(17)10-5-19-12(15-10)16-11(18)8-3-2-7(13)4-9(8)14/h2-5H,1H3,(H,15,16,18). The van der Waals surface area contributed by atoms with Crippen molar-refractivity contribution in [2.45, 2.75) is 6.92 Å². The van der Waals surface area contributed by atoms with E-state index >= 15 is 0 Å². The molecular weight excluding hydrogens is 396 g/mol. The molecule has 0 unspecified atom stereocenters. The maximum atomic E-state index is 12.1. The molecule has 1 aromatic heterocycles. The molecule has 1 N–H and O–H groups in total. The zero-order valence-corrected chi connectivity index (χ0v) is 13.7. The van der Waals surface area contributed by atoms with E-state index in [-0.39, 0.29) is 11.7 Å². The van der Waals surface area contributed by atoms with Crippen LogP contribution in [0.5, 0.6) is 0 Å². The van der Waals surface area contributed by atoms with E-state index < -0.39 is 0 Å². The zero-order chi connectivity index (χ0) is 14.0. The number of hydrogen-bond donors (Lipinski definition) is 1. The molecule has 2 aromatic rings. The fraction of sp³-hybridized carbons (Fsp3) is 0.0833. The highest BCUT2D eigenvalue weighted by molar-refractivity contribution is 9.11. The van der Waals surface area contributed by atoms with Gasteiger partial charge in [0.1, 0.15) is 5.69 Å². The Bertz CT molecular complexity index is 655. The number of carbonyl (C=O) groups excluding carboxylic acids is 2. The Balaban J connectivity index is 2.18. The van der Waals surface area contributed by atoms with Crippen LogP contribution in [0.25, 0.3) is 0 Å². The van der Waals surface area contributed by atoms with Crippen molar-refractivity contribution < 1.29 is 9.59 Å². The Labute approximate surface area is 130 Å². The van der Waals surface area contributed by atoms with Crippen LogP contribution < -0.4 is 5.32 Å². The summed E-state index contributed by atoms with van der Waals surface area (Å²) in [4.78, 5) is 27.2. The van der Waals surface area contributed by atoms with Crippen LogP contribution in [0.15, 0.2) is 32.5 Å². The lowest BCUT2D eigenvalue weighted by Gasteiger charge is -2.04. The maximum Gasteiger partial charge on any atom is 0.258 e. The van der Waals surface area contributed by atoms with Crippen LogP contribution >= 0.6 is 43.2 Å². The summed E-state index contributed by atoms with van der Waals surface area (Å²) in [5.74, 6) is -0.398. The van der Waals surface area contributed by atoms with Gasteiger partial charge in [-0.2, -0.15) is 0 Å². The molecule has 0 aliphatic carbocycles. The SMILES string of the molecule is CC(=O)c1csc(NC(=O)c2ccc(Br)cc2Br)n1. The molecule has 0 saturated heterocycles. The minimum Gasteiger partial charge on any atom is -0.298 e. The third-order valence-corrected chi connectivity index (χ3v) is 4.17. The van der Waals surface area contributed by atoms with Crippen molar-refractivity contribution in [2.24, 2.45) is 0 Å². The molecule has 0 radical (unpaired) electrons. The van der Waals surface area contributed by atoms with Gasteiger partial charge < -0.3 is 0 Å². The number of hydrogen-bond acceptors (Lipinski definition) is 4. The molecule has 4 nitrogen and oxygen atoms in total. The molecule has 1 aromatic carbocycles. The van der Waals surface area contributed by atoms with E-state index in [1.165, 1.54) is 18.3 Å². The molecule has 0 spiro atoms. The topological polar surface area (TPSA) is 59.1 Å². The van der Waals surface area contributed by atoms with Crippen molar-refractivity contribution >= 4 is 60.0 Å². The molecule has 0 fully saturated rings. The number of benzene rings is 1. The highest BCUT2D eigenvalue weighted by Gasteiger charge is 2.13. The van der Waals surface area contributed by atoms with Crippen molar-refractivity contribution in [3.63, 3.8) is 0 Å². The summed E-state index contributed by atoms with van der Waals surface area (Å²) in [5, 5.41) is 4.69. The quantitative estimate of drug-likeness (QED) is 0.784. The Morgan fingerprint density at radius 1 is 1.32 bits per heavy atom. The number of carbonyl (C=O) groups is 2. The molecule has 98 valence electrons. The van der Waals surface area contributed by atoms with Crippen molar-refractivity contribution in [3.8, 4) is 0 Å². The number of aromatic nitrogens is 1. The van der Waals surface area contributed by atoms with Gasteiger partial charge in [-0.05, 0) is 34.1 Å². The lowest BCUT2D eigenvalue weighted by Crippen LogP contribution is -2.12. The summed E-state index contributed by atoms with van der Waals surface area (Å²) in [6.07, 6.45) is 0. The summed E-state index contributed by atoms with van der Waals surface area (Å²) in [6.45, 7) is 1.44. The Morgan fingerprint density at radius 3 is 2.63 bits per heavy atom. The minimum absolute atomic E-state index is 0.124. The van der Waals surface area contributed by atoms with Gasteiger partial charge >= 0.3 is 0 Å². The zero-order valence-electron chi connectivity index (χ0n) is 9.74. The van der Waals surface area contributed by atoms with Crippen LogP contribution in [0.1, 0.15) is 27.8 Å². The molecular formula is C12H8Br2N2O2S. The Hall–Kier alpha value is -1.05. The second-order valence-electron chi connectivity index (χ2n) is 3.67. The molecule has 0 bridgehead atoms. The van der Waals surface area contributed by atoms with E-state index in [2.05, 4.69) is 42.2 Å². The normalized spacial score (nSPS) is 10.3. The second-order valence-corrected chi connectivity index (χ2v) is 6.30. The van der Waals surface area contributed by atoms with Gasteiger partial charge in [0.2, 0.25) is 0 Å². The van der Waals surface area contributed by atoms with Crippen LogP contribution in [0, 0.1) is 0 Å². The third-order valence-electron chi connectivity index (χ3n) is 2.26. The number of thiazole rings is 1. The number of amides is 1. The van der Waals surface area contributed by atoms with Gasteiger partial charge in [-0.25, -0.2) is 4.98 Å². The first-order chi connectivity index (χ1) is 8.97. The predicted molar refractivity (Wildman–Crippen MR) is 81.9 cm³/mol. The number of rotatable bonds is 3. The number of nitrogens with one attached hydrogen (secondary N) is 1. The molecule has 1 amide bonds. The van der Waals surface area contributed by atoms with Crippen LogP contribution in [0.3, 0.4) is 0 Å². The van der Waals surface area contributed by atoms with Gasteiger partial charge in [-0.1, -0.05) is 15.9 Å². The van der Waals surface area contributed by atoms with Crippen LogP contribution in [0.2, 0.25) is 0 Å². The van der Waals surface area contributed by atoms with Gasteiger partial charge in [-0.3, -0.25) is 14.9 Å². The average molecular weight is 404 g/mol. The van der Waals surface area contributed by atoms with E-state index in [9.17, 15) is 9.59 Å². The smallest absolute Gasteiger partial charge is 0.258 e. The highest BCUT2D eigenvalue weighted by Crippen LogP contribution is 2.23. The first kappa shape index (κ1) is 14.4. The van der Waals surface area contributed by atoms with Crippen molar-refractivity contribution in [1.29, 1.82) is 0 Å². The molecule has 0 saturated carbocycles. The fourth-order valence-corrected chi connectivity index (χ4v) is 3.30. The summed E-state index contributed by atoms with van der Waals surface area (Å²) in [7, 11) is 0. The second kappa shape index (κ2) is 5.94. The molecule has 1 heterocycles. The summed E-state index contributed by atoms with van der Waals surface area (Å²) < 4.78 is 1.56. The van der Waals surface area contributed by atoms with E-state index in [0.29, 0.717) is 20.9 Å². The summed E-state index contributed by atoms with van der Waals surface area (Å²) >= 11 is 7.87. The lowest BCUT2D eigenvalue weighted by atomic mass is 10.2. The predicted octanol–water partition coefficient (Wildman–Crippen LogP) is 4.12. The molecule has 19 heavy (non-hydrogen) atoms. The Morgan fingerprint density at radius 2 is 2.05 bits per heavy atom.